The molecule has 0 unspecified atom stereocenters. The van der Waals surface area contributed by atoms with Crippen LogP contribution >= 0.6 is 0 Å². The molecular weight excluding hydrogens is 332 g/mol. The van der Waals surface area contributed by atoms with Crippen molar-refractivity contribution in [3.63, 3.8) is 0 Å². The van der Waals surface area contributed by atoms with Crippen LogP contribution in [-0.4, -0.2) is 35.1 Å². The lowest BCUT2D eigenvalue weighted by Gasteiger charge is -2.10. The van der Waals surface area contributed by atoms with E-state index in [2.05, 4.69) is 20.3 Å². The minimum atomic E-state index is -0.258. The largest absolute Gasteiger partial charge is 0.497 e. The van der Waals surface area contributed by atoms with Gasteiger partial charge in [-0.2, -0.15) is 0 Å². The van der Waals surface area contributed by atoms with Gasteiger partial charge in [0, 0.05) is 23.5 Å². The topological polar surface area (TPSA) is 86.2 Å². The van der Waals surface area contributed by atoms with Crippen LogP contribution in [0.25, 0.3) is 11.3 Å². The smallest absolute Gasteiger partial charge is 0.257 e. The van der Waals surface area contributed by atoms with Crippen molar-refractivity contribution >= 4 is 11.7 Å². The molecule has 132 valence electrons. The summed E-state index contributed by atoms with van der Waals surface area (Å²) in [7, 11) is 3.18. The van der Waals surface area contributed by atoms with Gasteiger partial charge in [-0.05, 0) is 36.8 Å². The van der Waals surface area contributed by atoms with Crippen molar-refractivity contribution in [3.8, 4) is 22.8 Å². The Labute approximate surface area is 151 Å². The molecule has 0 spiro atoms. The van der Waals surface area contributed by atoms with Crippen LogP contribution in [0.2, 0.25) is 0 Å². The first kappa shape index (κ1) is 17.3. The van der Waals surface area contributed by atoms with Gasteiger partial charge in [-0.25, -0.2) is 4.98 Å². The maximum atomic E-state index is 12.3. The van der Waals surface area contributed by atoms with Crippen LogP contribution < -0.4 is 14.8 Å². The first-order valence-electron chi connectivity index (χ1n) is 7.88. The predicted molar refractivity (Wildman–Crippen MR) is 97.5 cm³/mol. The number of carbonyl (C=O) groups excluding carboxylic acids is 1. The fraction of sp³-hybridized carbons (Fsp3) is 0.158. The predicted octanol–water partition coefficient (Wildman–Crippen LogP) is 3.12. The summed E-state index contributed by atoms with van der Waals surface area (Å²) in [6.07, 6.45) is 6.29. The fourth-order valence-corrected chi connectivity index (χ4v) is 2.46. The monoisotopic (exact) mass is 350 g/mol. The second-order valence-electron chi connectivity index (χ2n) is 5.50. The molecule has 0 aliphatic rings. The van der Waals surface area contributed by atoms with E-state index in [1.54, 1.807) is 51.0 Å². The molecule has 2 heterocycles. The number of amides is 1. The third kappa shape index (κ3) is 3.61. The van der Waals surface area contributed by atoms with Crippen LogP contribution in [0.1, 0.15) is 15.9 Å². The number of aryl methyl sites for hydroxylation is 1. The van der Waals surface area contributed by atoms with E-state index < -0.39 is 0 Å². The molecule has 3 aromatic rings. The highest BCUT2D eigenvalue weighted by Gasteiger charge is 2.12. The van der Waals surface area contributed by atoms with Gasteiger partial charge < -0.3 is 14.8 Å². The second kappa shape index (κ2) is 7.60. The van der Waals surface area contributed by atoms with Crippen molar-refractivity contribution in [2.24, 2.45) is 0 Å². The van der Waals surface area contributed by atoms with Gasteiger partial charge in [0.2, 0.25) is 0 Å². The summed E-state index contributed by atoms with van der Waals surface area (Å²) in [6, 6.07) is 7.09. The van der Waals surface area contributed by atoms with Gasteiger partial charge in [-0.15, -0.1) is 0 Å². The van der Waals surface area contributed by atoms with E-state index in [1.165, 1.54) is 6.20 Å². The van der Waals surface area contributed by atoms with Crippen LogP contribution in [-0.2, 0) is 0 Å². The average molecular weight is 350 g/mol. The maximum absolute atomic E-state index is 12.3. The zero-order chi connectivity index (χ0) is 18.5. The van der Waals surface area contributed by atoms with Gasteiger partial charge in [-0.1, -0.05) is 0 Å². The number of rotatable bonds is 5. The summed E-state index contributed by atoms with van der Waals surface area (Å²) in [5, 5.41) is 2.73. The molecule has 26 heavy (non-hydrogen) atoms. The highest BCUT2D eigenvalue weighted by atomic mass is 16.5. The zero-order valence-corrected chi connectivity index (χ0v) is 14.7. The minimum Gasteiger partial charge on any atom is -0.497 e. The second-order valence-corrected chi connectivity index (χ2v) is 5.50. The first-order chi connectivity index (χ1) is 12.6. The highest BCUT2D eigenvalue weighted by molar-refractivity contribution is 6.04. The van der Waals surface area contributed by atoms with Crippen molar-refractivity contribution in [2.45, 2.75) is 6.92 Å². The van der Waals surface area contributed by atoms with Gasteiger partial charge in [0.15, 0.2) is 5.82 Å². The van der Waals surface area contributed by atoms with Gasteiger partial charge in [0.05, 0.1) is 32.3 Å². The van der Waals surface area contributed by atoms with E-state index in [0.29, 0.717) is 28.6 Å². The van der Waals surface area contributed by atoms with Crippen LogP contribution in [0, 0.1) is 6.92 Å². The molecule has 1 aromatic carbocycles. The Morgan fingerprint density at radius 1 is 1.04 bits per heavy atom. The molecule has 0 saturated carbocycles. The zero-order valence-electron chi connectivity index (χ0n) is 14.7. The molecule has 3 rings (SSSR count). The third-order valence-corrected chi connectivity index (χ3v) is 3.84. The van der Waals surface area contributed by atoms with E-state index >= 15 is 0 Å². The number of pyridine rings is 1. The van der Waals surface area contributed by atoms with E-state index in [1.807, 2.05) is 13.0 Å². The Morgan fingerprint density at radius 2 is 1.88 bits per heavy atom. The number of ether oxygens (including phenoxy) is 2. The fourth-order valence-electron chi connectivity index (χ4n) is 2.46. The molecule has 7 nitrogen and oxygen atoms in total. The molecule has 0 aliphatic heterocycles. The summed E-state index contributed by atoms with van der Waals surface area (Å²) < 4.78 is 10.6. The normalized spacial score (nSPS) is 10.3. The Hall–Kier alpha value is -3.48. The molecule has 7 heteroatoms. The van der Waals surface area contributed by atoms with E-state index in [9.17, 15) is 4.79 Å². The van der Waals surface area contributed by atoms with Crippen molar-refractivity contribution in [2.75, 3.05) is 19.5 Å². The Balaban J connectivity index is 1.83. The first-order valence-corrected chi connectivity index (χ1v) is 7.88. The Bertz CT molecular complexity index is 926. The molecule has 0 fully saturated rings. The van der Waals surface area contributed by atoms with Gasteiger partial charge in [-0.3, -0.25) is 14.8 Å². The van der Waals surface area contributed by atoms with Crippen LogP contribution in [0.4, 0.5) is 5.82 Å². The van der Waals surface area contributed by atoms with Gasteiger partial charge in [0.1, 0.15) is 11.5 Å². The minimum absolute atomic E-state index is 0.258. The quantitative estimate of drug-likeness (QED) is 0.761. The number of methoxy groups -OCH3 is 2. The number of hydrogen-bond donors (Lipinski definition) is 1. The molecule has 1 amide bonds. The van der Waals surface area contributed by atoms with Crippen molar-refractivity contribution in [3.05, 3.63) is 60.2 Å². The Kier molecular flexibility index (Phi) is 5.07. The molecular formula is C19H18N4O3. The summed E-state index contributed by atoms with van der Waals surface area (Å²) in [5.74, 6) is 1.44. The number of nitrogens with one attached hydrogen (secondary N) is 1. The van der Waals surface area contributed by atoms with E-state index in [0.717, 1.165) is 11.1 Å². The summed E-state index contributed by atoms with van der Waals surface area (Å²) in [6.45, 7) is 1.83. The van der Waals surface area contributed by atoms with Crippen molar-refractivity contribution < 1.29 is 14.3 Å². The number of carbonyl (C=O) groups is 1. The number of aromatic nitrogens is 3. The molecule has 0 aliphatic carbocycles. The van der Waals surface area contributed by atoms with Crippen LogP contribution in [0.3, 0.4) is 0 Å². The maximum Gasteiger partial charge on any atom is 0.257 e. The lowest BCUT2D eigenvalue weighted by atomic mass is 10.1. The summed E-state index contributed by atoms with van der Waals surface area (Å²) in [4.78, 5) is 25.0. The van der Waals surface area contributed by atoms with Gasteiger partial charge in [0.25, 0.3) is 5.91 Å². The molecule has 1 N–H and O–H groups in total. The van der Waals surface area contributed by atoms with E-state index in [-0.39, 0.29) is 5.91 Å². The van der Waals surface area contributed by atoms with Crippen molar-refractivity contribution in [1.29, 1.82) is 0 Å². The molecule has 0 atom stereocenters. The lowest BCUT2D eigenvalue weighted by molar-refractivity contribution is 0.102. The third-order valence-electron chi connectivity index (χ3n) is 3.84. The van der Waals surface area contributed by atoms with E-state index in [4.69, 9.17) is 9.47 Å². The highest BCUT2D eigenvalue weighted by Crippen LogP contribution is 2.32. The number of nitrogens with zero attached hydrogens (tertiary/aromatic N) is 3. The summed E-state index contributed by atoms with van der Waals surface area (Å²) in [5.41, 5.74) is 2.69. The average Bonchev–Trinajstić information content (AvgIpc) is 2.68. The SMILES string of the molecule is COc1ccc(OC)c(-c2cnc(NC(=O)c3ccncc3C)cn2)c1. The molecule has 0 saturated heterocycles. The molecule has 0 radical (unpaired) electrons. The van der Waals surface area contributed by atoms with Crippen LogP contribution in [0.15, 0.2) is 49.1 Å². The number of benzene rings is 1. The number of hydrogen-bond acceptors (Lipinski definition) is 6. The molecule has 2 aromatic heterocycles. The standard InChI is InChI=1S/C19H18N4O3/c1-12-9-20-7-6-14(12)19(24)23-18-11-21-16(10-22-18)15-8-13(25-2)4-5-17(15)26-3/h4-11H,1-3H3,(H,22,23,24). The summed E-state index contributed by atoms with van der Waals surface area (Å²) >= 11 is 0. The van der Waals surface area contributed by atoms with Crippen molar-refractivity contribution in [1.82, 2.24) is 15.0 Å². The Morgan fingerprint density at radius 3 is 2.54 bits per heavy atom. The van der Waals surface area contributed by atoms with Gasteiger partial charge >= 0.3 is 0 Å². The number of anilines is 1. The lowest BCUT2D eigenvalue weighted by Crippen LogP contribution is -2.14. The van der Waals surface area contributed by atoms with Crippen LogP contribution in [0.5, 0.6) is 11.5 Å². The molecule has 0 bridgehead atoms.